The number of piperazine rings is 1. The van der Waals surface area contributed by atoms with Gasteiger partial charge in [-0.1, -0.05) is 25.0 Å². The van der Waals surface area contributed by atoms with Crippen molar-refractivity contribution in [3.05, 3.63) is 29.8 Å². The van der Waals surface area contributed by atoms with Crippen molar-refractivity contribution in [2.45, 2.75) is 44.8 Å². The zero-order valence-corrected chi connectivity index (χ0v) is 14.5. The molecule has 5 heteroatoms. The van der Waals surface area contributed by atoms with Crippen molar-refractivity contribution >= 4 is 5.91 Å². The van der Waals surface area contributed by atoms with Gasteiger partial charge in [-0.2, -0.15) is 0 Å². The molecule has 1 heterocycles. The van der Waals surface area contributed by atoms with Crippen molar-refractivity contribution in [1.82, 2.24) is 9.80 Å². The highest BCUT2D eigenvalue weighted by molar-refractivity contribution is 5.97. The number of hydrogen-bond donors (Lipinski definition) is 1. The summed E-state index contributed by atoms with van der Waals surface area (Å²) < 4.78 is 5.59. The lowest BCUT2D eigenvalue weighted by Gasteiger charge is -2.42. The van der Waals surface area contributed by atoms with E-state index < -0.39 is 0 Å². The van der Waals surface area contributed by atoms with Gasteiger partial charge in [0.25, 0.3) is 5.91 Å². The first-order valence-electron chi connectivity index (χ1n) is 9.14. The van der Waals surface area contributed by atoms with Gasteiger partial charge in [-0.15, -0.1) is 0 Å². The monoisotopic (exact) mass is 332 g/mol. The number of benzene rings is 1. The van der Waals surface area contributed by atoms with Crippen LogP contribution in [-0.2, 0) is 0 Å². The molecule has 24 heavy (non-hydrogen) atoms. The van der Waals surface area contributed by atoms with Gasteiger partial charge in [-0.3, -0.25) is 9.69 Å². The lowest BCUT2D eigenvalue weighted by molar-refractivity contribution is -0.00177. The van der Waals surface area contributed by atoms with Crippen molar-refractivity contribution in [2.75, 3.05) is 32.8 Å². The summed E-state index contributed by atoms with van der Waals surface area (Å²) in [5, 5.41) is 10.2. The van der Waals surface area contributed by atoms with Crippen molar-refractivity contribution in [3.63, 3.8) is 0 Å². The van der Waals surface area contributed by atoms with Gasteiger partial charge in [0.2, 0.25) is 0 Å². The van der Waals surface area contributed by atoms with E-state index in [9.17, 15) is 9.90 Å². The van der Waals surface area contributed by atoms with E-state index in [4.69, 9.17) is 4.74 Å². The zero-order chi connectivity index (χ0) is 16.9. The number of carbonyl (C=O) groups is 1. The molecular formula is C19H28N2O3. The molecule has 3 rings (SSSR count). The molecule has 1 aliphatic carbocycles. The second-order valence-corrected chi connectivity index (χ2v) is 6.68. The number of ether oxygens (including phenoxy) is 1. The van der Waals surface area contributed by atoms with Gasteiger partial charge in [0.15, 0.2) is 0 Å². The van der Waals surface area contributed by atoms with Gasteiger partial charge in [0.05, 0.1) is 18.3 Å². The van der Waals surface area contributed by atoms with Crippen LogP contribution < -0.4 is 4.74 Å². The second kappa shape index (κ2) is 7.99. The normalized spacial score (nSPS) is 25.5. The number of nitrogens with zero attached hydrogens (tertiary/aromatic N) is 2. The predicted octanol–water partition coefficient (Wildman–Crippen LogP) is 2.15. The maximum Gasteiger partial charge on any atom is 0.257 e. The van der Waals surface area contributed by atoms with E-state index in [1.165, 1.54) is 6.42 Å². The molecule has 1 saturated carbocycles. The molecular weight excluding hydrogens is 304 g/mol. The first-order chi connectivity index (χ1) is 11.7. The average Bonchev–Trinajstić information content (AvgIpc) is 2.63. The minimum atomic E-state index is -0.209. The SMILES string of the molecule is CCOc1ccccc1C(=O)N1CCN(C2CCCCC2O)CC1. The molecule has 0 spiro atoms. The standard InChI is InChI=1S/C19H28N2O3/c1-2-24-18-10-6-3-7-15(18)19(23)21-13-11-20(12-14-21)16-8-4-5-9-17(16)22/h3,6-7,10,16-17,22H,2,4-5,8-9,11-14H2,1H3. The molecule has 1 aromatic carbocycles. The molecule has 1 amide bonds. The molecule has 2 aliphatic rings. The topological polar surface area (TPSA) is 53.0 Å². The Hall–Kier alpha value is -1.59. The predicted molar refractivity (Wildman–Crippen MR) is 93.4 cm³/mol. The molecule has 1 aromatic rings. The van der Waals surface area contributed by atoms with Gasteiger partial charge in [0.1, 0.15) is 5.75 Å². The number of aliphatic hydroxyl groups excluding tert-OH is 1. The molecule has 1 aliphatic heterocycles. The smallest absolute Gasteiger partial charge is 0.257 e. The van der Waals surface area contributed by atoms with E-state index >= 15 is 0 Å². The Morgan fingerprint density at radius 1 is 1.17 bits per heavy atom. The van der Waals surface area contributed by atoms with Crippen molar-refractivity contribution in [1.29, 1.82) is 0 Å². The van der Waals surface area contributed by atoms with Crippen LogP contribution in [-0.4, -0.2) is 65.7 Å². The van der Waals surface area contributed by atoms with Crippen LogP contribution in [0.3, 0.4) is 0 Å². The number of amides is 1. The van der Waals surface area contributed by atoms with Gasteiger partial charge >= 0.3 is 0 Å². The van der Waals surface area contributed by atoms with Crippen LogP contribution in [0.25, 0.3) is 0 Å². The summed E-state index contributed by atoms with van der Waals surface area (Å²) in [6, 6.07) is 7.73. The number of rotatable bonds is 4. The molecule has 2 atom stereocenters. The summed E-state index contributed by atoms with van der Waals surface area (Å²) >= 11 is 0. The number of carbonyl (C=O) groups excluding carboxylic acids is 1. The van der Waals surface area contributed by atoms with Crippen LogP contribution in [0.5, 0.6) is 5.75 Å². The van der Waals surface area contributed by atoms with Gasteiger partial charge in [-0.25, -0.2) is 0 Å². The largest absolute Gasteiger partial charge is 0.493 e. The van der Waals surface area contributed by atoms with E-state index in [1.807, 2.05) is 36.1 Å². The summed E-state index contributed by atoms with van der Waals surface area (Å²) in [7, 11) is 0. The first-order valence-corrected chi connectivity index (χ1v) is 9.14. The highest BCUT2D eigenvalue weighted by atomic mass is 16.5. The number of aliphatic hydroxyl groups is 1. The van der Waals surface area contributed by atoms with Gasteiger partial charge < -0.3 is 14.7 Å². The van der Waals surface area contributed by atoms with E-state index in [2.05, 4.69) is 4.90 Å². The first kappa shape index (κ1) is 17.2. The summed E-state index contributed by atoms with van der Waals surface area (Å²) in [5.74, 6) is 0.707. The van der Waals surface area contributed by atoms with Crippen molar-refractivity contribution in [3.8, 4) is 5.75 Å². The van der Waals surface area contributed by atoms with Crippen LogP contribution in [0.1, 0.15) is 43.0 Å². The van der Waals surface area contributed by atoms with Crippen LogP contribution >= 0.6 is 0 Å². The summed E-state index contributed by atoms with van der Waals surface area (Å²) in [6.07, 6.45) is 4.10. The number of hydrogen-bond acceptors (Lipinski definition) is 4. The highest BCUT2D eigenvalue weighted by Crippen LogP contribution is 2.25. The maximum atomic E-state index is 12.8. The van der Waals surface area contributed by atoms with E-state index in [0.717, 1.165) is 32.4 Å². The van der Waals surface area contributed by atoms with Crippen LogP contribution in [0.2, 0.25) is 0 Å². The Kier molecular flexibility index (Phi) is 5.74. The van der Waals surface area contributed by atoms with E-state index in [0.29, 0.717) is 31.0 Å². The molecule has 1 N–H and O–H groups in total. The fourth-order valence-electron chi connectivity index (χ4n) is 3.87. The minimum Gasteiger partial charge on any atom is -0.493 e. The Bertz CT molecular complexity index is 555. The third-order valence-corrected chi connectivity index (χ3v) is 5.18. The minimum absolute atomic E-state index is 0.0443. The summed E-state index contributed by atoms with van der Waals surface area (Å²) in [4.78, 5) is 17.1. The third-order valence-electron chi connectivity index (χ3n) is 5.18. The Labute approximate surface area is 144 Å². The molecule has 0 bridgehead atoms. The molecule has 0 aromatic heterocycles. The molecule has 5 nitrogen and oxygen atoms in total. The molecule has 2 unspecified atom stereocenters. The average molecular weight is 332 g/mol. The van der Waals surface area contributed by atoms with Crippen molar-refractivity contribution in [2.24, 2.45) is 0 Å². The molecule has 1 saturated heterocycles. The van der Waals surface area contributed by atoms with Crippen LogP contribution in [0, 0.1) is 0 Å². The quantitative estimate of drug-likeness (QED) is 0.918. The maximum absolute atomic E-state index is 12.8. The Morgan fingerprint density at radius 3 is 2.58 bits per heavy atom. The lowest BCUT2D eigenvalue weighted by atomic mass is 9.91. The Balaban J connectivity index is 1.61. The van der Waals surface area contributed by atoms with Gasteiger partial charge in [0, 0.05) is 32.2 Å². The number of para-hydroxylation sites is 1. The molecule has 0 radical (unpaired) electrons. The lowest BCUT2D eigenvalue weighted by Crippen LogP contribution is -2.55. The van der Waals surface area contributed by atoms with Gasteiger partial charge in [-0.05, 0) is 31.9 Å². The molecule has 2 fully saturated rings. The van der Waals surface area contributed by atoms with E-state index in [1.54, 1.807) is 0 Å². The fraction of sp³-hybridized carbons (Fsp3) is 0.632. The Morgan fingerprint density at radius 2 is 1.88 bits per heavy atom. The van der Waals surface area contributed by atoms with Crippen LogP contribution in [0.4, 0.5) is 0 Å². The van der Waals surface area contributed by atoms with Crippen molar-refractivity contribution < 1.29 is 14.6 Å². The zero-order valence-electron chi connectivity index (χ0n) is 14.5. The third kappa shape index (κ3) is 3.73. The summed E-state index contributed by atoms with van der Waals surface area (Å²) in [5.41, 5.74) is 0.644. The highest BCUT2D eigenvalue weighted by Gasteiger charge is 2.32. The summed E-state index contributed by atoms with van der Waals surface area (Å²) in [6.45, 7) is 5.58. The second-order valence-electron chi connectivity index (χ2n) is 6.68. The molecule has 132 valence electrons. The fourth-order valence-corrected chi connectivity index (χ4v) is 3.87. The van der Waals surface area contributed by atoms with Crippen LogP contribution in [0.15, 0.2) is 24.3 Å². The van der Waals surface area contributed by atoms with E-state index in [-0.39, 0.29) is 18.1 Å².